The molecule has 0 spiro atoms. The van der Waals surface area contributed by atoms with E-state index in [-0.39, 0.29) is 12.0 Å². The molecule has 0 unspecified atom stereocenters. The van der Waals surface area contributed by atoms with Crippen LogP contribution >= 0.6 is 0 Å². The molecule has 1 aliphatic rings. The predicted octanol–water partition coefficient (Wildman–Crippen LogP) is 3.68. The molecule has 150 valence electrons. The summed E-state index contributed by atoms with van der Waals surface area (Å²) >= 11 is 0. The van der Waals surface area contributed by atoms with Crippen LogP contribution in [0.3, 0.4) is 0 Å². The maximum absolute atomic E-state index is 13.2. The molecule has 0 aliphatic carbocycles. The summed E-state index contributed by atoms with van der Waals surface area (Å²) in [5, 5.41) is 7.27. The van der Waals surface area contributed by atoms with E-state index in [4.69, 9.17) is 4.74 Å². The summed E-state index contributed by atoms with van der Waals surface area (Å²) in [6, 6.07) is 7.83. The molecule has 0 fully saturated rings. The maximum Gasteiger partial charge on any atom is 0.410 e. The minimum Gasteiger partial charge on any atom is -0.444 e. The van der Waals surface area contributed by atoms with Crippen molar-refractivity contribution >= 4 is 17.7 Å². The van der Waals surface area contributed by atoms with Crippen LogP contribution in [-0.2, 0) is 17.7 Å². The van der Waals surface area contributed by atoms with E-state index in [0.717, 1.165) is 22.5 Å². The highest BCUT2D eigenvalue weighted by atomic mass is 16.6. The first-order valence-corrected chi connectivity index (χ1v) is 9.62. The fourth-order valence-corrected chi connectivity index (χ4v) is 3.32. The second-order valence-corrected chi connectivity index (χ2v) is 8.07. The average Bonchev–Trinajstić information content (AvgIpc) is 3.04. The number of rotatable bonds is 3. The highest BCUT2D eigenvalue weighted by Gasteiger charge is 2.31. The van der Waals surface area contributed by atoms with Gasteiger partial charge in [0.2, 0.25) is 0 Å². The van der Waals surface area contributed by atoms with Gasteiger partial charge in [0.05, 0.1) is 6.54 Å². The van der Waals surface area contributed by atoms with Crippen molar-refractivity contribution in [3.8, 4) is 0 Å². The number of hydrogen-bond acceptors (Lipinski definition) is 4. The van der Waals surface area contributed by atoms with Crippen LogP contribution in [0.4, 0.5) is 10.5 Å². The summed E-state index contributed by atoms with van der Waals surface area (Å²) in [6.07, 6.45) is 0.245. The molecule has 0 radical (unpaired) electrons. The predicted molar refractivity (Wildman–Crippen MR) is 107 cm³/mol. The molecule has 0 bridgehead atoms. The van der Waals surface area contributed by atoms with Crippen LogP contribution in [0.15, 0.2) is 24.3 Å². The fourth-order valence-electron chi connectivity index (χ4n) is 3.32. The molecular formula is C21H28N4O3. The van der Waals surface area contributed by atoms with E-state index in [0.29, 0.717) is 31.7 Å². The van der Waals surface area contributed by atoms with Crippen LogP contribution in [0.1, 0.15) is 55.0 Å². The van der Waals surface area contributed by atoms with Crippen LogP contribution in [0.2, 0.25) is 0 Å². The number of H-pyrrole nitrogens is 1. The Bertz CT molecular complexity index is 882. The quantitative estimate of drug-likeness (QED) is 0.876. The summed E-state index contributed by atoms with van der Waals surface area (Å²) in [4.78, 5) is 29.0. The van der Waals surface area contributed by atoms with Gasteiger partial charge < -0.3 is 14.5 Å². The SMILES string of the molecule is CCN(C(=O)c1n[nH]c2c1CN(C(=O)OC(C)(C)C)CC2)c1cccc(C)c1. The Morgan fingerprint density at radius 2 is 2.07 bits per heavy atom. The summed E-state index contributed by atoms with van der Waals surface area (Å²) in [5.41, 5.74) is 3.41. The number of fused-ring (bicyclic) bond motifs is 1. The lowest BCUT2D eigenvalue weighted by atomic mass is 10.0. The molecular weight excluding hydrogens is 356 g/mol. The lowest BCUT2D eigenvalue weighted by Gasteiger charge is -2.30. The number of carbonyl (C=O) groups excluding carboxylic acids is 2. The Morgan fingerprint density at radius 3 is 2.71 bits per heavy atom. The zero-order valence-corrected chi connectivity index (χ0v) is 17.2. The van der Waals surface area contributed by atoms with Crippen molar-refractivity contribution in [1.82, 2.24) is 15.1 Å². The Balaban J connectivity index is 1.85. The third kappa shape index (κ3) is 4.18. The molecule has 7 heteroatoms. The topological polar surface area (TPSA) is 78.5 Å². The monoisotopic (exact) mass is 384 g/mol. The Morgan fingerprint density at radius 1 is 1.32 bits per heavy atom. The molecule has 3 rings (SSSR count). The Kier molecular flexibility index (Phi) is 5.45. The van der Waals surface area contributed by atoms with E-state index in [1.165, 1.54) is 0 Å². The first kappa shape index (κ1) is 19.9. The zero-order chi connectivity index (χ0) is 20.5. The van der Waals surface area contributed by atoms with E-state index >= 15 is 0 Å². The van der Waals surface area contributed by atoms with E-state index in [1.807, 2.05) is 58.9 Å². The third-order valence-corrected chi connectivity index (χ3v) is 4.66. The van der Waals surface area contributed by atoms with Crippen molar-refractivity contribution in [2.45, 2.75) is 53.2 Å². The average molecular weight is 384 g/mol. The molecule has 2 amide bonds. The van der Waals surface area contributed by atoms with Crippen LogP contribution in [0, 0.1) is 6.92 Å². The van der Waals surface area contributed by atoms with Gasteiger partial charge in [0, 0.05) is 36.5 Å². The minimum atomic E-state index is -0.559. The highest BCUT2D eigenvalue weighted by Crippen LogP contribution is 2.25. The summed E-state index contributed by atoms with van der Waals surface area (Å²) < 4.78 is 5.48. The van der Waals surface area contributed by atoms with E-state index < -0.39 is 5.60 Å². The lowest BCUT2D eigenvalue weighted by Crippen LogP contribution is -2.40. The van der Waals surface area contributed by atoms with E-state index in [9.17, 15) is 9.59 Å². The summed E-state index contributed by atoms with van der Waals surface area (Å²) in [5.74, 6) is -0.170. The number of anilines is 1. The van der Waals surface area contributed by atoms with Crippen molar-refractivity contribution in [3.05, 3.63) is 46.8 Å². The van der Waals surface area contributed by atoms with Gasteiger partial charge in [0.25, 0.3) is 5.91 Å². The van der Waals surface area contributed by atoms with Gasteiger partial charge >= 0.3 is 6.09 Å². The zero-order valence-electron chi connectivity index (χ0n) is 17.2. The Labute approximate surface area is 165 Å². The number of nitrogens with one attached hydrogen (secondary N) is 1. The van der Waals surface area contributed by atoms with Crippen molar-refractivity contribution in [3.63, 3.8) is 0 Å². The van der Waals surface area contributed by atoms with E-state index in [2.05, 4.69) is 10.2 Å². The minimum absolute atomic E-state index is 0.170. The fraction of sp³-hybridized carbons (Fsp3) is 0.476. The number of benzene rings is 1. The van der Waals surface area contributed by atoms with Crippen LogP contribution in [0.25, 0.3) is 0 Å². The largest absolute Gasteiger partial charge is 0.444 e. The van der Waals surface area contributed by atoms with Gasteiger partial charge in [-0.05, 0) is 52.3 Å². The van der Waals surface area contributed by atoms with Gasteiger partial charge in [-0.1, -0.05) is 12.1 Å². The normalized spacial score (nSPS) is 13.8. The molecule has 1 aliphatic heterocycles. The van der Waals surface area contributed by atoms with Crippen molar-refractivity contribution in [2.75, 3.05) is 18.0 Å². The smallest absolute Gasteiger partial charge is 0.410 e. The number of carbonyl (C=O) groups is 2. The highest BCUT2D eigenvalue weighted by molar-refractivity contribution is 6.06. The number of amides is 2. The van der Waals surface area contributed by atoms with Crippen LogP contribution in [-0.4, -0.2) is 45.8 Å². The van der Waals surface area contributed by atoms with Gasteiger partial charge in [-0.25, -0.2) is 4.79 Å². The second-order valence-electron chi connectivity index (χ2n) is 8.07. The molecule has 1 aromatic heterocycles. The molecule has 1 N–H and O–H groups in total. The van der Waals surface area contributed by atoms with Gasteiger partial charge in [-0.3, -0.25) is 9.89 Å². The number of hydrogen-bond donors (Lipinski definition) is 1. The number of aromatic amines is 1. The lowest BCUT2D eigenvalue weighted by molar-refractivity contribution is 0.0222. The molecule has 2 heterocycles. The van der Waals surface area contributed by atoms with Gasteiger partial charge in [-0.2, -0.15) is 5.10 Å². The van der Waals surface area contributed by atoms with Gasteiger partial charge in [-0.15, -0.1) is 0 Å². The third-order valence-electron chi connectivity index (χ3n) is 4.66. The molecule has 0 saturated carbocycles. The van der Waals surface area contributed by atoms with Crippen LogP contribution in [0.5, 0.6) is 0 Å². The van der Waals surface area contributed by atoms with Crippen molar-refractivity contribution in [2.24, 2.45) is 0 Å². The maximum atomic E-state index is 13.2. The van der Waals surface area contributed by atoms with Crippen molar-refractivity contribution < 1.29 is 14.3 Å². The number of ether oxygens (including phenoxy) is 1. The molecule has 0 atom stereocenters. The van der Waals surface area contributed by atoms with Crippen LogP contribution < -0.4 is 4.90 Å². The number of aromatic nitrogens is 2. The number of aryl methyl sites for hydroxylation is 1. The standard InChI is InChI=1S/C21H28N4O3/c1-6-25(15-9-7-8-14(2)12-15)19(26)18-16-13-24(11-10-17(16)22-23-18)20(27)28-21(3,4)5/h7-9,12H,6,10-11,13H2,1-5H3,(H,22,23). The molecule has 1 aromatic carbocycles. The van der Waals surface area contributed by atoms with Crippen molar-refractivity contribution in [1.29, 1.82) is 0 Å². The van der Waals surface area contributed by atoms with E-state index in [1.54, 1.807) is 9.80 Å². The first-order chi connectivity index (χ1) is 13.2. The molecule has 2 aromatic rings. The summed E-state index contributed by atoms with van der Waals surface area (Å²) in [6.45, 7) is 10.8. The molecule has 7 nitrogen and oxygen atoms in total. The summed E-state index contributed by atoms with van der Waals surface area (Å²) in [7, 11) is 0. The second kappa shape index (κ2) is 7.66. The Hall–Kier alpha value is -2.83. The molecule has 0 saturated heterocycles. The van der Waals surface area contributed by atoms with Gasteiger partial charge in [0.1, 0.15) is 5.60 Å². The first-order valence-electron chi connectivity index (χ1n) is 9.62. The number of nitrogens with zero attached hydrogens (tertiary/aromatic N) is 3. The molecule has 28 heavy (non-hydrogen) atoms. The van der Waals surface area contributed by atoms with Gasteiger partial charge in [0.15, 0.2) is 5.69 Å².